The maximum atomic E-state index is 13.4. The molecule has 1 aliphatic rings. The van der Waals surface area contributed by atoms with E-state index in [4.69, 9.17) is 26.2 Å². The summed E-state index contributed by atoms with van der Waals surface area (Å²) < 4.78 is 54.2. The van der Waals surface area contributed by atoms with Crippen LogP contribution >= 0.6 is 11.6 Å². The van der Waals surface area contributed by atoms with Crippen LogP contribution < -0.4 is 10.1 Å². The number of halogens is 5. The number of methoxy groups -OCH3 is 1. The van der Waals surface area contributed by atoms with Gasteiger partial charge < -0.3 is 19.7 Å². The van der Waals surface area contributed by atoms with Gasteiger partial charge >= 0.3 is 12.1 Å². The van der Waals surface area contributed by atoms with E-state index in [0.717, 1.165) is 16.9 Å². The average molecular weight is 581 g/mol. The van der Waals surface area contributed by atoms with Crippen molar-refractivity contribution in [3.63, 3.8) is 0 Å². The van der Waals surface area contributed by atoms with Crippen LogP contribution in [0.3, 0.4) is 0 Å². The number of ether oxygens (including phenoxy) is 1. The second-order valence-corrected chi connectivity index (χ2v) is 8.92. The number of carboxylic acid groups (broad SMARTS) is 1. The van der Waals surface area contributed by atoms with Crippen molar-refractivity contribution in [2.24, 2.45) is 0 Å². The number of aryl methyl sites for hydroxylation is 1. The number of aromatic nitrogens is 5. The molecule has 1 atom stereocenters. The van der Waals surface area contributed by atoms with E-state index in [1.165, 1.54) is 12.1 Å². The van der Waals surface area contributed by atoms with Crippen molar-refractivity contribution in [2.45, 2.75) is 31.5 Å². The number of Topliss-reactive ketones (excluding diaryl/α,β-unsaturated/α-hetero) is 1. The van der Waals surface area contributed by atoms with Gasteiger partial charge in [-0.2, -0.15) is 18.2 Å². The number of benzene rings is 2. The molecule has 0 bridgehead atoms. The molecule has 0 aliphatic carbocycles. The Morgan fingerprint density at radius 2 is 1.90 bits per heavy atom. The van der Waals surface area contributed by atoms with Gasteiger partial charge in [-0.15, -0.1) is 5.10 Å². The zero-order chi connectivity index (χ0) is 29.0. The zero-order valence-electron chi connectivity index (χ0n) is 20.7. The molecule has 0 saturated carbocycles. The quantitative estimate of drug-likeness (QED) is 0.311. The van der Waals surface area contributed by atoms with Crippen molar-refractivity contribution < 1.29 is 37.0 Å². The topological polar surface area (TPSA) is 124 Å². The van der Waals surface area contributed by atoms with Crippen LogP contribution in [0.25, 0.3) is 5.69 Å². The molecule has 0 spiro atoms. The minimum absolute atomic E-state index is 0.131. The number of fused-ring (bicyclic) bond motifs is 1. The minimum atomic E-state index is -5.08. The van der Waals surface area contributed by atoms with Crippen LogP contribution in [0.2, 0.25) is 5.15 Å². The van der Waals surface area contributed by atoms with Gasteiger partial charge in [0.25, 0.3) is 0 Å². The number of hydrogen-bond acceptors (Lipinski definition) is 7. The first-order valence-corrected chi connectivity index (χ1v) is 12.0. The van der Waals surface area contributed by atoms with E-state index in [2.05, 4.69) is 20.4 Å². The van der Waals surface area contributed by atoms with E-state index in [0.29, 0.717) is 42.1 Å². The number of hydrogen-bond donors (Lipinski definition) is 2. The van der Waals surface area contributed by atoms with Gasteiger partial charge in [0, 0.05) is 37.3 Å². The van der Waals surface area contributed by atoms with Crippen LogP contribution in [0.1, 0.15) is 30.1 Å². The number of imidazole rings is 1. The second kappa shape index (κ2) is 11.7. The summed E-state index contributed by atoms with van der Waals surface area (Å²) in [5.41, 5.74) is 2.35. The van der Waals surface area contributed by atoms with E-state index >= 15 is 0 Å². The Labute approximate surface area is 229 Å². The van der Waals surface area contributed by atoms with Crippen molar-refractivity contribution in [2.75, 3.05) is 12.4 Å². The summed E-state index contributed by atoms with van der Waals surface area (Å²) in [7, 11) is 1.59. The molecule has 0 radical (unpaired) electrons. The van der Waals surface area contributed by atoms with Crippen LogP contribution in [0, 0.1) is 5.82 Å². The molecule has 210 valence electrons. The predicted octanol–water partition coefficient (Wildman–Crippen LogP) is 5.14. The summed E-state index contributed by atoms with van der Waals surface area (Å²) >= 11 is 5.93. The fourth-order valence-corrected chi connectivity index (χ4v) is 4.12. The number of alkyl halides is 3. The Morgan fingerprint density at radius 3 is 2.50 bits per heavy atom. The van der Waals surface area contributed by atoms with Crippen LogP contribution in [-0.2, 0) is 16.1 Å². The van der Waals surface area contributed by atoms with Gasteiger partial charge in [0.2, 0.25) is 5.95 Å². The highest BCUT2D eigenvalue weighted by Crippen LogP contribution is 2.33. The molecule has 3 heterocycles. The molecule has 10 nitrogen and oxygen atoms in total. The lowest BCUT2D eigenvalue weighted by molar-refractivity contribution is -0.192. The van der Waals surface area contributed by atoms with Crippen molar-refractivity contribution in [1.82, 2.24) is 24.3 Å². The van der Waals surface area contributed by atoms with Gasteiger partial charge in [-0.3, -0.25) is 4.79 Å². The van der Waals surface area contributed by atoms with Gasteiger partial charge in [0.1, 0.15) is 34.7 Å². The highest BCUT2D eigenvalue weighted by atomic mass is 35.5. The standard InChI is InChI=1S/C23H20ClFN6O2.C2HF3O2/c1-33-20-10-16(6-7-19(20)30-12-21(24)26-13-30)27-23-28-22-18(14-2-4-15(25)5-3-14)11-17(32)8-9-31(22)29-23;3-2(4,5)1(6)7/h2-7,10,12-13,18H,8-9,11H2,1H3,(H,27,29);(H,6,7). The molecule has 2 aromatic heterocycles. The normalized spacial score (nSPS) is 14.9. The smallest absolute Gasteiger partial charge is 0.490 e. The summed E-state index contributed by atoms with van der Waals surface area (Å²) in [5.74, 6) is -1.54. The number of carbonyl (C=O) groups excluding carboxylic acids is 1. The number of ketones is 1. The second-order valence-electron chi connectivity index (χ2n) is 8.53. The van der Waals surface area contributed by atoms with Gasteiger partial charge in [-0.05, 0) is 29.8 Å². The number of anilines is 2. The Hall–Kier alpha value is -4.46. The van der Waals surface area contributed by atoms with Crippen LogP contribution in [0.4, 0.5) is 29.2 Å². The number of nitrogens with zero attached hydrogens (tertiary/aromatic N) is 5. The fraction of sp³-hybridized carbons (Fsp3) is 0.240. The first kappa shape index (κ1) is 28.5. The SMILES string of the molecule is COc1cc(Nc2nc3n(n2)CCC(=O)CC3c2ccc(F)cc2)ccc1-n1cnc(Cl)c1.O=C(O)C(F)(F)F. The number of carbonyl (C=O) groups is 2. The molecule has 2 aromatic carbocycles. The molecule has 40 heavy (non-hydrogen) atoms. The third-order valence-electron chi connectivity index (χ3n) is 5.83. The number of aliphatic carboxylic acids is 1. The molecule has 0 fully saturated rings. The third-order valence-corrected chi connectivity index (χ3v) is 6.02. The van der Waals surface area contributed by atoms with Gasteiger partial charge in [-0.25, -0.2) is 18.9 Å². The van der Waals surface area contributed by atoms with Crippen LogP contribution in [-0.4, -0.2) is 54.5 Å². The van der Waals surface area contributed by atoms with Gasteiger partial charge in [0.05, 0.1) is 18.7 Å². The highest BCUT2D eigenvalue weighted by Gasteiger charge is 2.38. The number of nitrogens with one attached hydrogen (secondary N) is 1. The Kier molecular flexibility index (Phi) is 8.38. The Morgan fingerprint density at radius 1 is 1.20 bits per heavy atom. The van der Waals surface area contributed by atoms with Gasteiger partial charge in [-0.1, -0.05) is 23.7 Å². The predicted molar refractivity (Wildman–Crippen MR) is 135 cm³/mol. The summed E-state index contributed by atoms with van der Waals surface area (Å²) in [6.07, 6.45) is -1.10. The molecule has 4 aromatic rings. The summed E-state index contributed by atoms with van der Waals surface area (Å²) in [6, 6.07) is 11.8. The Bertz CT molecular complexity index is 1520. The largest absolute Gasteiger partial charge is 0.494 e. The summed E-state index contributed by atoms with van der Waals surface area (Å²) in [4.78, 5) is 29.9. The molecule has 1 unspecified atom stereocenters. The average Bonchev–Trinajstić information content (AvgIpc) is 3.48. The fourth-order valence-electron chi connectivity index (χ4n) is 3.97. The molecule has 15 heteroatoms. The van der Waals surface area contributed by atoms with Crippen molar-refractivity contribution in [1.29, 1.82) is 0 Å². The monoisotopic (exact) mass is 580 g/mol. The van der Waals surface area contributed by atoms with E-state index in [1.807, 2.05) is 18.2 Å². The first-order valence-electron chi connectivity index (χ1n) is 11.6. The zero-order valence-corrected chi connectivity index (χ0v) is 21.4. The highest BCUT2D eigenvalue weighted by molar-refractivity contribution is 6.29. The number of carboxylic acids is 1. The maximum Gasteiger partial charge on any atom is 0.490 e. The molecule has 0 amide bonds. The molecule has 5 rings (SSSR count). The summed E-state index contributed by atoms with van der Waals surface area (Å²) in [6.45, 7) is 0.449. The number of rotatable bonds is 5. The molecule has 0 saturated heterocycles. The van der Waals surface area contributed by atoms with Crippen molar-refractivity contribution in [3.05, 3.63) is 77.3 Å². The molecular formula is C25H21ClF4N6O4. The lowest BCUT2D eigenvalue weighted by Crippen LogP contribution is -2.21. The first-order chi connectivity index (χ1) is 18.9. The van der Waals surface area contributed by atoms with E-state index in [9.17, 15) is 22.4 Å². The van der Waals surface area contributed by atoms with E-state index in [-0.39, 0.29) is 17.5 Å². The lowest BCUT2D eigenvalue weighted by atomic mass is 9.93. The molecular weight excluding hydrogens is 560 g/mol. The van der Waals surface area contributed by atoms with Crippen LogP contribution in [0.15, 0.2) is 55.0 Å². The van der Waals surface area contributed by atoms with E-state index in [1.54, 1.807) is 41.0 Å². The maximum absolute atomic E-state index is 13.4. The Balaban J connectivity index is 0.000000470. The van der Waals surface area contributed by atoms with E-state index < -0.39 is 12.1 Å². The van der Waals surface area contributed by atoms with Crippen molar-refractivity contribution in [3.8, 4) is 11.4 Å². The molecule has 2 N–H and O–H groups in total. The van der Waals surface area contributed by atoms with Crippen LogP contribution in [0.5, 0.6) is 5.75 Å². The third kappa shape index (κ3) is 6.75. The molecule has 1 aliphatic heterocycles. The van der Waals surface area contributed by atoms with Crippen molar-refractivity contribution >= 4 is 35.0 Å². The minimum Gasteiger partial charge on any atom is -0.494 e. The van der Waals surface area contributed by atoms with Gasteiger partial charge in [0.15, 0.2) is 0 Å². The summed E-state index contributed by atoms with van der Waals surface area (Å²) in [5, 5.41) is 15.3. The lowest BCUT2D eigenvalue weighted by Gasteiger charge is -2.13.